The standard InChI is InChI=1S/C10H9N.C4H3NO2/c11-10-7-3-5-8-4-1-2-6-9(8)10;1-3(2-5)4(6)7/h1-7H,11H2;1H2,(H,6,7). The molecule has 4 heteroatoms. The van der Waals surface area contributed by atoms with Crippen LogP contribution in [0.25, 0.3) is 10.8 Å². The summed E-state index contributed by atoms with van der Waals surface area (Å²) in [6.07, 6.45) is 0. The molecule has 2 aromatic carbocycles. The Kier molecular flexibility index (Phi) is 4.47. The van der Waals surface area contributed by atoms with Gasteiger partial charge in [-0.25, -0.2) is 4.79 Å². The predicted molar refractivity (Wildman–Crippen MR) is 70.7 cm³/mol. The van der Waals surface area contributed by atoms with Crippen LogP contribution in [0.15, 0.2) is 54.6 Å². The Balaban J connectivity index is 0.000000203. The van der Waals surface area contributed by atoms with Crippen molar-refractivity contribution in [2.24, 2.45) is 0 Å². The Hall–Kier alpha value is -2.80. The Bertz CT molecular complexity index is 622. The first-order valence-electron chi connectivity index (χ1n) is 5.11. The van der Waals surface area contributed by atoms with Gasteiger partial charge in [0.2, 0.25) is 0 Å². The smallest absolute Gasteiger partial charge is 0.345 e. The van der Waals surface area contributed by atoms with E-state index in [1.807, 2.05) is 30.3 Å². The Morgan fingerprint density at radius 1 is 1.22 bits per heavy atom. The average Bonchev–Trinajstić information content (AvgIpc) is 2.39. The largest absolute Gasteiger partial charge is 0.477 e. The fourth-order valence-corrected chi connectivity index (χ4v) is 1.30. The summed E-state index contributed by atoms with van der Waals surface area (Å²) in [6.45, 7) is 2.91. The van der Waals surface area contributed by atoms with Crippen LogP contribution in [-0.2, 0) is 4.79 Å². The van der Waals surface area contributed by atoms with Crippen molar-refractivity contribution >= 4 is 22.4 Å². The number of aliphatic carboxylic acids is 1. The fourth-order valence-electron chi connectivity index (χ4n) is 1.30. The van der Waals surface area contributed by atoms with Gasteiger partial charge in [-0.15, -0.1) is 0 Å². The number of carbonyl (C=O) groups is 1. The SMILES string of the molecule is C=C(C#N)C(=O)O.Nc1cccc2ccccc12. The maximum Gasteiger partial charge on any atom is 0.345 e. The Morgan fingerprint density at radius 2 is 1.83 bits per heavy atom. The van der Waals surface area contributed by atoms with Crippen molar-refractivity contribution in [1.29, 1.82) is 5.26 Å². The number of benzene rings is 2. The summed E-state index contributed by atoms with van der Waals surface area (Å²) in [6, 6.07) is 15.4. The van der Waals surface area contributed by atoms with Crippen molar-refractivity contribution in [3.05, 3.63) is 54.6 Å². The summed E-state index contributed by atoms with van der Waals surface area (Å²) in [5.41, 5.74) is 6.18. The van der Waals surface area contributed by atoms with E-state index in [0.717, 1.165) is 11.1 Å². The molecule has 18 heavy (non-hydrogen) atoms. The second kappa shape index (κ2) is 6.06. The lowest BCUT2D eigenvalue weighted by Gasteiger charge is -1.98. The molecule has 90 valence electrons. The fraction of sp³-hybridized carbons (Fsp3) is 0. The minimum absolute atomic E-state index is 0.431. The lowest BCUT2D eigenvalue weighted by molar-refractivity contribution is -0.132. The molecular weight excluding hydrogens is 228 g/mol. The monoisotopic (exact) mass is 240 g/mol. The number of carboxylic acids is 1. The third kappa shape index (κ3) is 3.35. The number of nitrogens with two attached hydrogens (primary N) is 1. The summed E-state index contributed by atoms with van der Waals surface area (Å²) in [4.78, 5) is 9.61. The van der Waals surface area contributed by atoms with E-state index < -0.39 is 11.5 Å². The predicted octanol–water partition coefficient (Wildman–Crippen LogP) is 2.57. The van der Waals surface area contributed by atoms with Crippen LogP contribution in [0.4, 0.5) is 5.69 Å². The second-order valence-corrected chi connectivity index (χ2v) is 3.46. The zero-order valence-electron chi connectivity index (χ0n) is 9.63. The molecule has 0 saturated carbocycles. The average molecular weight is 240 g/mol. The highest BCUT2D eigenvalue weighted by Crippen LogP contribution is 2.19. The number of nitrogen functional groups attached to an aromatic ring is 1. The summed E-state index contributed by atoms with van der Waals surface area (Å²) in [7, 11) is 0. The highest BCUT2D eigenvalue weighted by atomic mass is 16.4. The number of hydrogen-bond donors (Lipinski definition) is 2. The van der Waals surface area contributed by atoms with Gasteiger partial charge < -0.3 is 10.8 Å². The van der Waals surface area contributed by atoms with E-state index in [2.05, 4.69) is 18.7 Å². The number of nitrogens with zero attached hydrogens (tertiary/aromatic N) is 1. The van der Waals surface area contributed by atoms with Gasteiger partial charge in [0.25, 0.3) is 0 Å². The van der Waals surface area contributed by atoms with Crippen molar-refractivity contribution in [1.82, 2.24) is 0 Å². The molecule has 0 radical (unpaired) electrons. The molecule has 0 unspecified atom stereocenters. The maximum absolute atomic E-state index is 9.61. The lowest BCUT2D eigenvalue weighted by atomic mass is 10.1. The lowest BCUT2D eigenvalue weighted by Crippen LogP contribution is -1.94. The van der Waals surface area contributed by atoms with E-state index in [0.29, 0.717) is 0 Å². The molecule has 3 N–H and O–H groups in total. The molecule has 0 spiro atoms. The summed E-state index contributed by atoms with van der Waals surface area (Å²) in [5.74, 6) is -1.26. The van der Waals surface area contributed by atoms with Gasteiger partial charge >= 0.3 is 5.97 Å². The molecule has 0 amide bonds. The van der Waals surface area contributed by atoms with Crippen molar-refractivity contribution < 1.29 is 9.90 Å². The zero-order valence-corrected chi connectivity index (χ0v) is 9.63. The second-order valence-electron chi connectivity index (χ2n) is 3.46. The van der Waals surface area contributed by atoms with Gasteiger partial charge in [0.1, 0.15) is 11.6 Å². The van der Waals surface area contributed by atoms with Gasteiger partial charge in [-0.1, -0.05) is 43.0 Å². The highest BCUT2D eigenvalue weighted by molar-refractivity contribution is 5.92. The molecule has 0 heterocycles. The molecule has 0 atom stereocenters. The van der Waals surface area contributed by atoms with Crippen LogP contribution >= 0.6 is 0 Å². The summed E-state index contributed by atoms with van der Waals surface area (Å²) in [5, 5.41) is 18.0. The highest BCUT2D eigenvalue weighted by Gasteiger charge is 1.97. The minimum Gasteiger partial charge on any atom is -0.477 e. The first-order chi connectivity index (χ1) is 8.56. The van der Waals surface area contributed by atoms with Gasteiger partial charge in [-0.2, -0.15) is 5.26 Å². The van der Waals surface area contributed by atoms with Gasteiger partial charge in [0, 0.05) is 11.1 Å². The van der Waals surface area contributed by atoms with Crippen LogP contribution in [0.3, 0.4) is 0 Å². The van der Waals surface area contributed by atoms with E-state index >= 15 is 0 Å². The quantitative estimate of drug-likeness (QED) is 0.455. The first-order valence-corrected chi connectivity index (χ1v) is 5.11. The van der Waals surface area contributed by atoms with Crippen LogP contribution in [0.2, 0.25) is 0 Å². The van der Waals surface area contributed by atoms with E-state index in [1.165, 1.54) is 11.5 Å². The Morgan fingerprint density at radius 3 is 2.33 bits per heavy atom. The van der Waals surface area contributed by atoms with Crippen LogP contribution in [0.1, 0.15) is 0 Å². The maximum atomic E-state index is 9.61. The molecule has 2 rings (SSSR count). The van der Waals surface area contributed by atoms with E-state index in [9.17, 15) is 4.79 Å². The molecule has 0 aliphatic rings. The number of carboxylic acid groups (broad SMARTS) is 1. The minimum atomic E-state index is -1.26. The van der Waals surface area contributed by atoms with E-state index in [4.69, 9.17) is 16.1 Å². The molecule has 0 fully saturated rings. The molecule has 0 aliphatic carbocycles. The summed E-state index contributed by atoms with van der Waals surface area (Å²) < 4.78 is 0. The van der Waals surface area contributed by atoms with Crippen molar-refractivity contribution in [2.45, 2.75) is 0 Å². The molecule has 0 saturated heterocycles. The Labute approximate surface area is 105 Å². The van der Waals surface area contributed by atoms with Crippen LogP contribution < -0.4 is 5.73 Å². The third-order valence-corrected chi connectivity index (χ3v) is 2.22. The number of anilines is 1. The van der Waals surface area contributed by atoms with Gasteiger partial charge in [-0.05, 0) is 11.5 Å². The van der Waals surface area contributed by atoms with E-state index in [1.54, 1.807) is 0 Å². The van der Waals surface area contributed by atoms with Crippen molar-refractivity contribution in [2.75, 3.05) is 5.73 Å². The molecule has 0 bridgehead atoms. The number of rotatable bonds is 1. The molecule has 4 nitrogen and oxygen atoms in total. The molecule has 0 aromatic heterocycles. The number of fused-ring (bicyclic) bond motifs is 1. The topological polar surface area (TPSA) is 87.1 Å². The molecule has 2 aromatic rings. The molecular formula is C14H12N2O2. The van der Waals surface area contributed by atoms with Crippen molar-refractivity contribution in [3.8, 4) is 6.07 Å². The first kappa shape index (κ1) is 13.3. The van der Waals surface area contributed by atoms with Gasteiger partial charge in [-0.3, -0.25) is 0 Å². The van der Waals surface area contributed by atoms with Gasteiger partial charge in [0.05, 0.1) is 0 Å². The molecule has 0 aliphatic heterocycles. The van der Waals surface area contributed by atoms with E-state index in [-0.39, 0.29) is 0 Å². The summed E-state index contributed by atoms with van der Waals surface area (Å²) >= 11 is 0. The van der Waals surface area contributed by atoms with Gasteiger partial charge in [0.15, 0.2) is 0 Å². The number of nitriles is 1. The number of hydrogen-bond acceptors (Lipinski definition) is 3. The normalized spacial score (nSPS) is 8.83. The zero-order chi connectivity index (χ0) is 13.5. The van der Waals surface area contributed by atoms with Crippen LogP contribution in [0.5, 0.6) is 0 Å². The third-order valence-electron chi connectivity index (χ3n) is 2.22. The van der Waals surface area contributed by atoms with Crippen LogP contribution in [0, 0.1) is 11.3 Å². The van der Waals surface area contributed by atoms with Crippen molar-refractivity contribution in [3.63, 3.8) is 0 Å². The van der Waals surface area contributed by atoms with Crippen LogP contribution in [-0.4, -0.2) is 11.1 Å².